The molecule has 1 aliphatic carbocycles. The molecule has 1 rings (SSSR count). The predicted octanol–water partition coefficient (Wildman–Crippen LogP) is 3.99. The van der Waals surface area contributed by atoms with Crippen LogP contribution in [0.4, 0.5) is 0 Å². The second-order valence-corrected chi connectivity index (χ2v) is 6.20. The summed E-state index contributed by atoms with van der Waals surface area (Å²) >= 11 is 0. The van der Waals surface area contributed by atoms with Crippen molar-refractivity contribution in [3.8, 4) is 0 Å². The first-order valence-corrected chi connectivity index (χ1v) is 7.97. The SMILES string of the molecule is CCCNC(CC)C(C)OC1CCC(C)C(C)C1. The van der Waals surface area contributed by atoms with E-state index in [1.807, 2.05) is 0 Å². The van der Waals surface area contributed by atoms with Crippen LogP contribution in [0.2, 0.25) is 0 Å². The number of hydrogen-bond donors (Lipinski definition) is 1. The van der Waals surface area contributed by atoms with Crippen molar-refractivity contribution in [2.75, 3.05) is 6.54 Å². The van der Waals surface area contributed by atoms with Gasteiger partial charge in [-0.3, -0.25) is 0 Å². The van der Waals surface area contributed by atoms with E-state index in [1.165, 1.54) is 25.7 Å². The quantitative estimate of drug-likeness (QED) is 0.742. The molecule has 2 nitrogen and oxygen atoms in total. The molecule has 0 spiro atoms. The van der Waals surface area contributed by atoms with Crippen LogP contribution in [0.3, 0.4) is 0 Å². The van der Waals surface area contributed by atoms with Crippen LogP contribution in [-0.4, -0.2) is 24.8 Å². The average molecular weight is 255 g/mol. The van der Waals surface area contributed by atoms with Crippen LogP contribution in [0.15, 0.2) is 0 Å². The first-order valence-electron chi connectivity index (χ1n) is 7.97. The summed E-state index contributed by atoms with van der Waals surface area (Å²) < 4.78 is 6.30. The monoisotopic (exact) mass is 255 g/mol. The van der Waals surface area contributed by atoms with E-state index < -0.39 is 0 Å². The first-order chi connectivity index (χ1) is 8.58. The topological polar surface area (TPSA) is 21.3 Å². The summed E-state index contributed by atoms with van der Waals surface area (Å²) in [5.41, 5.74) is 0. The predicted molar refractivity (Wildman–Crippen MR) is 78.9 cm³/mol. The molecule has 5 atom stereocenters. The summed E-state index contributed by atoms with van der Waals surface area (Å²) in [4.78, 5) is 0. The molecule has 18 heavy (non-hydrogen) atoms. The smallest absolute Gasteiger partial charge is 0.0703 e. The van der Waals surface area contributed by atoms with E-state index in [0.29, 0.717) is 18.2 Å². The van der Waals surface area contributed by atoms with Crippen LogP contribution in [0, 0.1) is 11.8 Å². The van der Waals surface area contributed by atoms with Crippen molar-refractivity contribution in [3.05, 3.63) is 0 Å². The fourth-order valence-corrected chi connectivity index (χ4v) is 2.99. The highest BCUT2D eigenvalue weighted by Gasteiger charge is 2.27. The van der Waals surface area contributed by atoms with Gasteiger partial charge in [-0.15, -0.1) is 0 Å². The zero-order chi connectivity index (χ0) is 13.5. The van der Waals surface area contributed by atoms with Crippen molar-refractivity contribution in [3.63, 3.8) is 0 Å². The Morgan fingerprint density at radius 1 is 1.17 bits per heavy atom. The summed E-state index contributed by atoms with van der Waals surface area (Å²) in [7, 11) is 0. The molecule has 0 amide bonds. The normalized spacial score (nSPS) is 32.2. The third-order valence-electron chi connectivity index (χ3n) is 4.62. The second kappa shape index (κ2) is 8.16. The molecule has 0 heterocycles. The molecular weight excluding hydrogens is 222 g/mol. The maximum Gasteiger partial charge on any atom is 0.0703 e. The zero-order valence-corrected chi connectivity index (χ0v) is 13.0. The van der Waals surface area contributed by atoms with Crippen LogP contribution in [0.1, 0.15) is 66.7 Å². The van der Waals surface area contributed by atoms with Gasteiger partial charge in [0.15, 0.2) is 0 Å². The lowest BCUT2D eigenvalue weighted by Crippen LogP contribution is -2.42. The van der Waals surface area contributed by atoms with Crippen molar-refractivity contribution in [1.29, 1.82) is 0 Å². The Kier molecular flexibility index (Phi) is 7.25. The number of hydrogen-bond acceptors (Lipinski definition) is 2. The van der Waals surface area contributed by atoms with Gasteiger partial charge in [-0.25, -0.2) is 0 Å². The molecule has 0 saturated heterocycles. The minimum atomic E-state index is 0.340. The highest BCUT2D eigenvalue weighted by Crippen LogP contribution is 2.31. The first kappa shape index (κ1) is 16.0. The molecule has 108 valence electrons. The van der Waals surface area contributed by atoms with Crippen LogP contribution in [0.5, 0.6) is 0 Å². The molecule has 1 N–H and O–H groups in total. The lowest BCUT2D eigenvalue weighted by molar-refractivity contribution is -0.0539. The van der Waals surface area contributed by atoms with E-state index in [-0.39, 0.29) is 0 Å². The molecular formula is C16H33NO. The maximum absolute atomic E-state index is 6.30. The van der Waals surface area contributed by atoms with E-state index in [0.717, 1.165) is 24.8 Å². The number of nitrogens with one attached hydrogen (secondary N) is 1. The summed E-state index contributed by atoms with van der Waals surface area (Å²) in [6, 6.07) is 0.514. The highest BCUT2D eigenvalue weighted by molar-refractivity contribution is 4.79. The Morgan fingerprint density at radius 3 is 2.44 bits per heavy atom. The fraction of sp³-hybridized carbons (Fsp3) is 1.00. The Morgan fingerprint density at radius 2 is 1.89 bits per heavy atom. The van der Waals surface area contributed by atoms with Crippen molar-refractivity contribution >= 4 is 0 Å². The van der Waals surface area contributed by atoms with Gasteiger partial charge in [-0.05, 0) is 57.4 Å². The Labute approximate surface area is 114 Å². The highest BCUT2D eigenvalue weighted by atomic mass is 16.5. The molecule has 1 aliphatic rings. The van der Waals surface area contributed by atoms with E-state index in [1.54, 1.807) is 0 Å². The van der Waals surface area contributed by atoms with Gasteiger partial charge in [0.25, 0.3) is 0 Å². The van der Waals surface area contributed by atoms with Gasteiger partial charge in [0.2, 0.25) is 0 Å². The van der Waals surface area contributed by atoms with E-state index in [9.17, 15) is 0 Å². The van der Waals surface area contributed by atoms with Gasteiger partial charge in [0.1, 0.15) is 0 Å². The summed E-state index contributed by atoms with van der Waals surface area (Å²) in [5, 5.41) is 3.60. The van der Waals surface area contributed by atoms with E-state index in [4.69, 9.17) is 4.74 Å². The average Bonchev–Trinajstić information content (AvgIpc) is 2.35. The third-order valence-corrected chi connectivity index (χ3v) is 4.62. The van der Waals surface area contributed by atoms with Crippen molar-refractivity contribution in [2.24, 2.45) is 11.8 Å². The third kappa shape index (κ3) is 4.89. The largest absolute Gasteiger partial charge is 0.374 e. The van der Waals surface area contributed by atoms with Gasteiger partial charge >= 0.3 is 0 Å². The summed E-state index contributed by atoms with van der Waals surface area (Å²) in [6.45, 7) is 12.6. The van der Waals surface area contributed by atoms with Crippen molar-refractivity contribution in [1.82, 2.24) is 5.32 Å². The molecule has 0 aromatic carbocycles. The maximum atomic E-state index is 6.30. The molecule has 0 aromatic heterocycles. The van der Waals surface area contributed by atoms with E-state index in [2.05, 4.69) is 39.9 Å². The molecule has 0 radical (unpaired) electrons. The van der Waals surface area contributed by atoms with Crippen molar-refractivity contribution < 1.29 is 4.74 Å². The minimum Gasteiger partial charge on any atom is -0.374 e. The van der Waals surface area contributed by atoms with Gasteiger partial charge in [0.05, 0.1) is 12.2 Å². The lowest BCUT2D eigenvalue weighted by Gasteiger charge is -2.35. The minimum absolute atomic E-state index is 0.340. The zero-order valence-electron chi connectivity index (χ0n) is 13.0. The molecule has 2 heteroatoms. The lowest BCUT2D eigenvalue weighted by atomic mass is 9.80. The van der Waals surface area contributed by atoms with Gasteiger partial charge in [-0.2, -0.15) is 0 Å². The van der Waals surface area contributed by atoms with E-state index >= 15 is 0 Å². The Balaban J connectivity index is 2.35. The molecule has 1 fully saturated rings. The number of rotatable bonds is 7. The Hall–Kier alpha value is -0.0800. The number of ether oxygens (including phenoxy) is 1. The van der Waals surface area contributed by atoms with Crippen LogP contribution in [-0.2, 0) is 4.74 Å². The Bertz CT molecular complexity index is 219. The molecule has 5 unspecified atom stereocenters. The second-order valence-electron chi connectivity index (χ2n) is 6.20. The van der Waals surface area contributed by atoms with Gasteiger partial charge in [0, 0.05) is 6.04 Å². The van der Waals surface area contributed by atoms with Crippen molar-refractivity contribution in [2.45, 2.75) is 85.0 Å². The van der Waals surface area contributed by atoms with Crippen LogP contribution >= 0.6 is 0 Å². The summed E-state index contributed by atoms with van der Waals surface area (Å²) in [5.74, 6) is 1.69. The standard InChI is InChI=1S/C16H33NO/c1-6-10-17-16(7-2)14(5)18-15-9-8-12(3)13(4)11-15/h12-17H,6-11H2,1-5H3. The van der Waals surface area contributed by atoms with Gasteiger partial charge in [-0.1, -0.05) is 27.7 Å². The van der Waals surface area contributed by atoms with Crippen LogP contribution < -0.4 is 5.32 Å². The molecule has 0 bridgehead atoms. The summed E-state index contributed by atoms with van der Waals surface area (Å²) in [6.07, 6.45) is 7.00. The molecule has 1 saturated carbocycles. The van der Waals surface area contributed by atoms with Crippen LogP contribution in [0.25, 0.3) is 0 Å². The molecule has 0 aliphatic heterocycles. The fourth-order valence-electron chi connectivity index (χ4n) is 2.99. The van der Waals surface area contributed by atoms with Gasteiger partial charge < -0.3 is 10.1 Å². The molecule has 0 aromatic rings.